The van der Waals surface area contributed by atoms with Crippen LogP contribution >= 0.6 is 0 Å². The first-order chi connectivity index (χ1) is 12.2. The molecule has 8 heteroatoms. The first-order valence-electron chi connectivity index (χ1n) is 7.92. The Hall–Kier alpha value is -3.42. The normalized spacial score (nSPS) is 10.4. The highest BCUT2D eigenvalue weighted by atomic mass is 16.1. The molecule has 0 saturated carbocycles. The zero-order valence-corrected chi connectivity index (χ0v) is 13.8. The first kappa shape index (κ1) is 16.4. The Morgan fingerprint density at radius 3 is 2.76 bits per heavy atom. The van der Waals surface area contributed by atoms with Crippen molar-refractivity contribution in [1.82, 2.24) is 25.8 Å². The minimum Gasteiger partial charge on any atom is -0.357 e. The number of hydrogen-bond acceptors (Lipinski definition) is 4. The Kier molecular flexibility index (Phi) is 4.89. The molecule has 2 heterocycles. The van der Waals surface area contributed by atoms with Crippen LogP contribution in [-0.4, -0.2) is 33.6 Å². The van der Waals surface area contributed by atoms with Gasteiger partial charge in [0.1, 0.15) is 0 Å². The summed E-state index contributed by atoms with van der Waals surface area (Å²) in [4.78, 5) is 16.6. The monoisotopic (exact) mass is 337 g/mol. The van der Waals surface area contributed by atoms with Crippen molar-refractivity contribution in [2.75, 3.05) is 11.9 Å². The van der Waals surface area contributed by atoms with E-state index in [0.29, 0.717) is 30.0 Å². The molecule has 0 saturated heterocycles. The summed E-state index contributed by atoms with van der Waals surface area (Å²) in [5, 5.41) is 23.8. The summed E-state index contributed by atoms with van der Waals surface area (Å²) in [5.41, 5.74) is 2.83. The molecule has 0 aliphatic rings. The van der Waals surface area contributed by atoms with E-state index in [1.54, 1.807) is 30.6 Å². The van der Waals surface area contributed by atoms with Crippen LogP contribution in [0.15, 0.2) is 42.7 Å². The molecule has 0 spiro atoms. The molecule has 1 aromatic carbocycles. The maximum Gasteiger partial charge on any atom is 0.255 e. The number of carbonyl (C=O) groups is 1. The second-order valence-electron chi connectivity index (χ2n) is 5.40. The largest absolute Gasteiger partial charge is 0.357 e. The highest BCUT2D eigenvalue weighted by Crippen LogP contribution is 2.19. The van der Waals surface area contributed by atoms with Crippen molar-refractivity contribution in [3.8, 4) is 0 Å². The molecule has 3 aromatic rings. The van der Waals surface area contributed by atoms with Gasteiger partial charge in [-0.3, -0.25) is 15.3 Å². The summed E-state index contributed by atoms with van der Waals surface area (Å²) in [6.45, 7) is 3.15. The van der Waals surface area contributed by atoms with Crippen LogP contribution in [0.25, 0.3) is 11.0 Å². The summed E-state index contributed by atoms with van der Waals surface area (Å²) in [6.07, 6.45) is 3.25. The highest BCUT2D eigenvalue weighted by Gasteiger charge is 2.10. The lowest BCUT2D eigenvalue weighted by atomic mass is 10.1. The van der Waals surface area contributed by atoms with Crippen LogP contribution in [0.4, 0.5) is 5.69 Å². The van der Waals surface area contributed by atoms with E-state index in [2.05, 4.69) is 31.1 Å². The van der Waals surface area contributed by atoms with Gasteiger partial charge in [-0.05, 0) is 30.7 Å². The number of carbonyl (C=O) groups excluding carboxylic acids is 1. The number of amides is 1. The Morgan fingerprint density at radius 2 is 2.00 bits per heavy atom. The van der Waals surface area contributed by atoms with Crippen LogP contribution in [0, 0.1) is 5.41 Å². The summed E-state index contributed by atoms with van der Waals surface area (Å²) >= 11 is 0. The van der Waals surface area contributed by atoms with Gasteiger partial charge in [0.25, 0.3) is 5.91 Å². The summed E-state index contributed by atoms with van der Waals surface area (Å²) in [7, 11) is 0. The zero-order valence-electron chi connectivity index (χ0n) is 13.8. The topological polar surface area (TPSA) is 119 Å². The predicted molar refractivity (Wildman–Crippen MR) is 96.5 cm³/mol. The lowest BCUT2D eigenvalue weighted by Gasteiger charge is -2.09. The van der Waals surface area contributed by atoms with Crippen molar-refractivity contribution >= 4 is 28.6 Å². The lowest BCUT2D eigenvalue weighted by molar-refractivity contribution is 0.102. The van der Waals surface area contributed by atoms with Crippen LogP contribution in [0.2, 0.25) is 0 Å². The van der Waals surface area contributed by atoms with Gasteiger partial charge < -0.3 is 16.0 Å². The van der Waals surface area contributed by atoms with Crippen molar-refractivity contribution in [2.45, 2.75) is 13.5 Å². The Balaban J connectivity index is 1.65. The molecule has 2 aromatic heterocycles. The second-order valence-corrected chi connectivity index (χ2v) is 5.40. The third kappa shape index (κ3) is 3.92. The Labute approximate surface area is 144 Å². The molecule has 3 rings (SSSR count). The SMILES string of the molecule is CCNC(=N)NCc1ccc(C(=O)Nc2ccnc3[nH]ncc23)cc1. The molecule has 0 fully saturated rings. The van der Waals surface area contributed by atoms with Gasteiger partial charge in [-0.25, -0.2) is 4.98 Å². The number of H-pyrrole nitrogens is 1. The fourth-order valence-corrected chi connectivity index (χ4v) is 2.36. The van der Waals surface area contributed by atoms with E-state index in [0.717, 1.165) is 10.9 Å². The number of aromatic amines is 1. The number of nitrogens with zero attached hydrogens (tertiary/aromatic N) is 2. The molecule has 25 heavy (non-hydrogen) atoms. The molecule has 0 atom stereocenters. The summed E-state index contributed by atoms with van der Waals surface area (Å²) < 4.78 is 0. The number of pyridine rings is 1. The van der Waals surface area contributed by atoms with E-state index < -0.39 is 0 Å². The summed E-state index contributed by atoms with van der Waals surface area (Å²) in [6, 6.07) is 8.98. The standard InChI is InChI=1S/C17H19N7O/c1-2-19-17(18)21-9-11-3-5-12(6-4-11)16(25)23-14-7-8-20-15-13(14)10-22-24-15/h3-8,10H,2,9H2,1H3,(H3,18,19,21)(H2,20,22,23,24,25). The van der Waals surface area contributed by atoms with Crippen LogP contribution in [-0.2, 0) is 6.54 Å². The van der Waals surface area contributed by atoms with E-state index in [1.165, 1.54) is 0 Å². The molecule has 0 bridgehead atoms. The number of aromatic nitrogens is 3. The van der Waals surface area contributed by atoms with Crippen LogP contribution < -0.4 is 16.0 Å². The Morgan fingerprint density at radius 1 is 1.20 bits per heavy atom. The number of nitrogens with one attached hydrogen (secondary N) is 5. The van der Waals surface area contributed by atoms with Crippen molar-refractivity contribution < 1.29 is 4.79 Å². The quantitative estimate of drug-likeness (QED) is 0.360. The van der Waals surface area contributed by atoms with E-state index in [-0.39, 0.29) is 11.9 Å². The molecular formula is C17H19N7O. The van der Waals surface area contributed by atoms with E-state index >= 15 is 0 Å². The highest BCUT2D eigenvalue weighted by molar-refractivity contribution is 6.08. The van der Waals surface area contributed by atoms with Gasteiger partial charge in [-0.2, -0.15) is 5.10 Å². The van der Waals surface area contributed by atoms with Gasteiger partial charge in [0, 0.05) is 24.8 Å². The molecule has 0 aliphatic carbocycles. The predicted octanol–water partition coefficient (Wildman–Crippen LogP) is 1.84. The van der Waals surface area contributed by atoms with Gasteiger partial charge in [-0.1, -0.05) is 12.1 Å². The fourth-order valence-electron chi connectivity index (χ4n) is 2.36. The molecule has 1 amide bonds. The van der Waals surface area contributed by atoms with E-state index in [9.17, 15) is 4.79 Å². The third-order valence-electron chi connectivity index (χ3n) is 3.64. The van der Waals surface area contributed by atoms with Crippen LogP contribution in [0.5, 0.6) is 0 Å². The molecule has 0 unspecified atom stereocenters. The first-order valence-corrected chi connectivity index (χ1v) is 7.92. The van der Waals surface area contributed by atoms with Gasteiger partial charge in [0.2, 0.25) is 0 Å². The van der Waals surface area contributed by atoms with Crippen molar-refractivity contribution in [3.63, 3.8) is 0 Å². The smallest absolute Gasteiger partial charge is 0.255 e. The zero-order chi connectivity index (χ0) is 17.6. The number of rotatable bonds is 5. The van der Waals surface area contributed by atoms with E-state index in [4.69, 9.17) is 5.41 Å². The van der Waals surface area contributed by atoms with E-state index in [1.807, 2.05) is 19.1 Å². The number of fused-ring (bicyclic) bond motifs is 1. The van der Waals surface area contributed by atoms with Gasteiger partial charge in [0.05, 0.1) is 17.3 Å². The van der Waals surface area contributed by atoms with Crippen molar-refractivity contribution in [1.29, 1.82) is 5.41 Å². The number of anilines is 1. The number of hydrogen-bond donors (Lipinski definition) is 5. The minimum atomic E-state index is -0.200. The second kappa shape index (κ2) is 7.43. The summed E-state index contributed by atoms with van der Waals surface area (Å²) in [5.74, 6) is 0.0831. The van der Waals surface area contributed by atoms with Crippen LogP contribution in [0.1, 0.15) is 22.8 Å². The van der Waals surface area contributed by atoms with Crippen molar-refractivity contribution in [3.05, 3.63) is 53.9 Å². The maximum atomic E-state index is 12.4. The maximum absolute atomic E-state index is 12.4. The average molecular weight is 337 g/mol. The molecule has 128 valence electrons. The molecular weight excluding hydrogens is 318 g/mol. The number of benzene rings is 1. The lowest BCUT2D eigenvalue weighted by Crippen LogP contribution is -2.35. The third-order valence-corrected chi connectivity index (χ3v) is 3.64. The number of guanidine groups is 1. The van der Waals surface area contributed by atoms with Gasteiger partial charge in [0.15, 0.2) is 11.6 Å². The Bertz CT molecular complexity index is 885. The fraction of sp³-hybridized carbons (Fsp3) is 0.176. The molecule has 8 nitrogen and oxygen atoms in total. The molecule has 5 N–H and O–H groups in total. The molecule has 0 aliphatic heterocycles. The molecule has 0 radical (unpaired) electrons. The van der Waals surface area contributed by atoms with Gasteiger partial charge >= 0.3 is 0 Å². The minimum absolute atomic E-state index is 0.200. The van der Waals surface area contributed by atoms with Crippen molar-refractivity contribution in [2.24, 2.45) is 0 Å². The van der Waals surface area contributed by atoms with Gasteiger partial charge in [-0.15, -0.1) is 0 Å². The average Bonchev–Trinajstić information content (AvgIpc) is 3.10. The van der Waals surface area contributed by atoms with Crippen LogP contribution in [0.3, 0.4) is 0 Å².